The molecule has 0 radical (unpaired) electrons. The number of alkyl carbamates (subject to hydrolysis) is 1. The van der Waals surface area contributed by atoms with E-state index in [2.05, 4.69) is 5.32 Å². The number of anilines is 2. The van der Waals surface area contributed by atoms with Crippen LogP contribution < -0.4 is 20.9 Å². The van der Waals surface area contributed by atoms with E-state index in [0.717, 1.165) is 48.4 Å². The molecule has 3 amide bonds. The van der Waals surface area contributed by atoms with Crippen LogP contribution in [0.3, 0.4) is 0 Å². The van der Waals surface area contributed by atoms with Crippen molar-refractivity contribution in [2.45, 2.75) is 65.1 Å². The average Bonchev–Trinajstić information content (AvgIpc) is 3.45. The fraction of sp³-hybridized carbons (Fsp3) is 0.444. The van der Waals surface area contributed by atoms with Crippen LogP contribution in [0.25, 0.3) is 0 Å². The molecule has 188 valence electrons. The number of nitrogens with zero attached hydrogens (tertiary/aromatic N) is 2. The molecule has 0 unspecified atom stereocenters. The summed E-state index contributed by atoms with van der Waals surface area (Å²) < 4.78 is 5.18. The van der Waals surface area contributed by atoms with Crippen LogP contribution in [0.5, 0.6) is 0 Å². The largest absolute Gasteiger partial charge is 0.444 e. The van der Waals surface area contributed by atoms with Crippen LogP contribution in [0, 0.1) is 0 Å². The van der Waals surface area contributed by atoms with Crippen molar-refractivity contribution in [3.63, 3.8) is 0 Å². The molecular weight excluding hydrogens is 444 g/mol. The zero-order valence-electron chi connectivity index (χ0n) is 20.9. The summed E-state index contributed by atoms with van der Waals surface area (Å²) in [7, 11) is 0. The van der Waals surface area contributed by atoms with Crippen molar-refractivity contribution in [1.82, 2.24) is 5.32 Å². The summed E-state index contributed by atoms with van der Waals surface area (Å²) in [5, 5.41) is 2.71. The second-order valence-electron chi connectivity index (χ2n) is 9.69. The lowest BCUT2D eigenvalue weighted by Gasteiger charge is -2.20. The average molecular weight is 481 g/mol. The Kier molecular flexibility index (Phi) is 8.87. The van der Waals surface area contributed by atoms with E-state index in [1.165, 1.54) is 0 Å². The number of benzene rings is 2. The first-order valence-electron chi connectivity index (χ1n) is 12.1. The second-order valence-corrected chi connectivity index (χ2v) is 9.69. The van der Waals surface area contributed by atoms with Gasteiger partial charge in [-0.05, 0) is 69.0 Å². The summed E-state index contributed by atoms with van der Waals surface area (Å²) >= 11 is 0. The molecule has 3 N–H and O–H groups in total. The van der Waals surface area contributed by atoms with Gasteiger partial charge in [0.2, 0.25) is 11.8 Å². The van der Waals surface area contributed by atoms with Gasteiger partial charge in [0, 0.05) is 50.4 Å². The summed E-state index contributed by atoms with van der Waals surface area (Å²) in [5.41, 5.74) is 8.98. The summed E-state index contributed by atoms with van der Waals surface area (Å²) in [6.45, 7) is 8.07. The molecule has 0 saturated carbocycles. The Bertz CT molecular complexity index is 1010. The molecule has 8 nitrogen and oxygen atoms in total. The zero-order chi connectivity index (χ0) is 25.4. The second kappa shape index (κ2) is 11.8. The van der Waals surface area contributed by atoms with E-state index in [0.29, 0.717) is 25.9 Å². The molecule has 2 heterocycles. The quantitative estimate of drug-likeness (QED) is 0.670. The topological polar surface area (TPSA) is 105 Å². The molecular formula is C27H36N4O4. The Labute approximate surface area is 207 Å². The van der Waals surface area contributed by atoms with Gasteiger partial charge in [-0.2, -0.15) is 0 Å². The first kappa shape index (κ1) is 26.2. The summed E-state index contributed by atoms with van der Waals surface area (Å²) in [6, 6.07) is 15.5. The molecule has 0 aliphatic carbocycles. The molecule has 8 heteroatoms. The Balaban J connectivity index is 0.000000211. The van der Waals surface area contributed by atoms with Gasteiger partial charge in [-0.3, -0.25) is 9.59 Å². The molecule has 2 fully saturated rings. The summed E-state index contributed by atoms with van der Waals surface area (Å²) in [6.07, 6.45) is 2.76. The van der Waals surface area contributed by atoms with Crippen molar-refractivity contribution in [1.29, 1.82) is 0 Å². The number of carbonyl (C=O) groups excluding carboxylic acids is 3. The third-order valence-electron chi connectivity index (χ3n) is 5.71. The first-order chi connectivity index (χ1) is 16.7. The van der Waals surface area contributed by atoms with E-state index >= 15 is 0 Å². The van der Waals surface area contributed by atoms with E-state index in [9.17, 15) is 14.4 Å². The van der Waals surface area contributed by atoms with Gasteiger partial charge in [0.05, 0.1) is 0 Å². The highest BCUT2D eigenvalue weighted by Crippen LogP contribution is 2.22. The maximum Gasteiger partial charge on any atom is 0.407 e. The third kappa shape index (κ3) is 7.82. The van der Waals surface area contributed by atoms with Gasteiger partial charge in [0.1, 0.15) is 5.60 Å². The molecule has 0 aromatic heterocycles. The highest BCUT2D eigenvalue weighted by molar-refractivity contribution is 5.95. The molecule has 2 aliphatic rings. The van der Waals surface area contributed by atoms with Gasteiger partial charge in [0.15, 0.2) is 0 Å². The van der Waals surface area contributed by atoms with Gasteiger partial charge in [-0.15, -0.1) is 0 Å². The summed E-state index contributed by atoms with van der Waals surface area (Å²) in [4.78, 5) is 38.3. The minimum absolute atomic E-state index is 0.176. The van der Waals surface area contributed by atoms with Crippen LogP contribution in [-0.4, -0.2) is 36.6 Å². The molecule has 35 heavy (non-hydrogen) atoms. The highest BCUT2D eigenvalue weighted by atomic mass is 16.6. The molecule has 0 spiro atoms. The van der Waals surface area contributed by atoms with Gasteiger partial charge in [-0.1, -0.05) is 24.3 Å². The van der Waals surface area contributed by atoms with Gasteiger partial charge in [0.25, 0.3) is 0 Å². The van der Waals surface area contributed by atoms with Crippen LogP contribution in [0.4, 0.5) is 16.2 Å². The van der Waals surface area contributed by atoms with Gasteiger partial charge < -0.3 is 25.6 Å². The Morgan fingerprint density at radius 3 is 1.69 bits per heavy atom. The van der Waals surface area contributed by atoms with Crippen LogP contribution >= 0.6 is 0 Å². The minimum Gasteiger partial charge on any atom is -0.444 e. The number of amides is 3. The Morgan fingerprint density at radius 1 is 0.857 bits per heavy atom. The SMILES string of the molecule is CC(C)(C)OC(=O)NCc1ccc(N2CCCC2=O)cc1.NCc1ccc(N2CCCC2=O)cc1. The van der Waals surface area contributed by atoms with E-state index in [1.807, 2.05) is 74.2 Å². The van der Waals surface area contributed by atoms with Crippen molar-refractivity contribution in [2.75, 3.05) is 22.9 Å². The number of hydrogen-bond acceptors (Lipinski definition) is 5. The lowest BCUT2D eigenvalue weighted by atomic mass is 10.2. The third-order valence-corrected chi connectivity index (χ3v) is 5.71. The lowest BCUT2D eigenvalue weighted by molar-refractivity contribution is -0.117. The zero-order valence-corrected chi connectivity index (χ0v) is 20.9. The number of nitrogens with one attached hydrogen (secondary N) is 1. The fourth-order valence-corrected chi connectivity index (χ4v) is 3.94. The number of nitrogens with two attached hydrogens (primary N) is 1. The van der Waals surface area contributed by atoms with Gasteiger partial charge in [-0.25, -0.2) is 4.79 Å². The monoisotopic (exact) mass is 480 g/mol. The number of ether oxygens (including phenoxy) is 1. The number of hydrogen-bond donors (Lipinski definition) is 2. The molecule has 2 aromatic rings. The molecule has 2 aliphatic heterocycles. The van der Waals surface area contributed by atoms with Crippen molar-refractivity contribution in [2.24, 2.45) is 5.73 Å². The van der Waals surface area contributed by atoms with Crippen LogP contribution in [-0.2, 0) is 27.4 Å². The van der Waals surface area contributed by atoms with E-state index in [1.54, 1.807) is 4.90 Å². The maximum absolute atomic E-state index is 11.7. The molecule has 2 saturated heterocycles. The predicted octanol–water partition coefficient (Wildman–Crippen LogP) is 4.11. The first-order valence-corrected chi connectivity index (χ1v) is 12.1. The Morgan fingerprint density at radius 2 is 1.31 bits per heavy atom. The highest BCUT2D eigenvalue weighted by Gasteiger charge is 2.22. The van der Waals surface area contributed by atoms with E-state index in [4.69, 9.17) is 10.5 Å². The Hall–Kier alpha value is -3.39. The van der Waals surface area contributed by atoms with Crippen LogP contribution in [0.1, 0.15) is 57.6 Å². The molecule has 0 atom stereocenters. The lowest BCUT2D eigenvalue weighted by Crippen LogP contribution is -2.32. The fourth-order valence-electron chi connectivity index (χ4n) is 3.94. The van der Waals surface area contributed by atoms with Crippen molar-refractivity contribution in [3.8, 4) is 0 Å². The minimum atomic E-state index is -0.496. The van der Waals surface area contributed by atoms with Crippen molar-refractivity contribution < 1.29 is 19.1 Å². The predicted molar refractivity (Wildman–Crippen MR) is 137 cm³/mol. The normalized spacial score (nSPS) is 15.7. The summed E-state index contributed by atoms with van der Waals surface area (Å²) in [5.74, 6) is 0.403. The van der Waals surface area contributed by atoms with Crippen LogP contribution in [0.2, 0.25) is 0 Å². The number of rotatable bonds is 5. The standard InChI is InChI=1S/C16H22N2O3.C11H14N2O/c1-16(2,3)21-15(20)17-11-12-6-8-13(9-7-12)18-10-4-5-14(18)19;12-8-9-3-5-10(6-4-9)13-7-1-2-11(13)14/h6-9H,4-5,10-11H2,1-3H3,(H,17,20);3-6H,1-2,7-8,12H2. The van der Waals surface area contributed by atoms with Gasteiger partial charge >= 0.3 is 6.09 Å². The van der Waals surface area contributed by atoms with E-state index in [-0.39, 0.29) is 11.8 Å². The maximum atomic E-state index is 11.7. The smallest absolute Gasteiger partial charge is 0.407 e. The van der Waals surface area contributed by atoms with Crippen LogP contribution in [0.15, 0.2) is 48.5 Å². The molecule has 4 rings (SSSR count). The van der Waals surface area contributed by atoms with Crippen molar-refractivity contribution in [3.05, 3.63) is 59.7 Å². The number of carbonyl (C=O) groups is 3. The molecule has 2 aromatic carbocycles. The van der Waals surface area contributed by atoms with E-state index < -0.39 is 11.7 Å². The van der Waals surface area contributed by atoms with Crippen molar-refractivity contribution >= 4 is 29.3 Å². The molecule has 0 bridgehead atoms.